The van der Waals surface area contributed by atoms with E-state index in [-0.39, 0.29) is 31.8 Å². The monoisotopic (exact) mass is 360 g/mol. The van der Waals surface area contributed by atoms with Gasteiger partial charge in [-0.1, -0.05) is 64.6 Å². The zero-order valence-corrected chi connectivity index (χ0v) is 13.1. The number of rotatable bonds is 1. The number of halogens is 4. The first-order chi connectivity index (χ1) is 9.93. The van der Waals surface area contributed by atoms with Gasteiger partial charge in [-0.25, -0.2) is 9.59 Å². The van der Waals surface area contributed by atoms with Crippen molar-refractivity contribution >= 4 is 58.3 Å². The molecular formula is C14H4Cl4O3. The fourth-order valence-corrected chi connectivity index (χ4v) is 3.18. The van der Waals surface area contributed by atoms with Crippen molar-refractivity contribution in [2.24, 2.45) is 0 Å². The molecule has 0 aliphatic carbocycles. The molecule has 106 valence electrons. The standard InChI is InChI=1S/C14H4Cl4O3/c15-6-4-2-1-3-5(6)7-8-9(14(20)21-13(8)19)11(17)12(18)10(7)16/h1-4H. The molecule has 0 amide bonds. The molecule has 3 rings (SSSR count). The van der Waals surface area contributed by atoms with E-state index < -0.39 is 11.9 Å². The van der Waals surface area contributed by atoms with Gasteiger partial charge < -0.3 is 4.74 Å². The molecule has 0 radical (unpaired) electrons. The van der Waals surface area contributed by atoms with Crippen molar-refractivity contribution in [1.82, 2.24) is 0 Å². The first-order valence-corrected chi connectivity index (χ1v) is 7.16. The Labute approximate surface area is 139 Å². The molecule has 0 saturated heterocycles. The minimum atomic E-state index is -0.855. The maximum atomic E-state index is 12.0. The van der Waals surface area contributed by atoms with E-state index in [2.05, 4.69) is 4.74 Å². The van der Waals surface area contributed by atoms with Gasteiger partial charge in [0.15, 0.2) is 0 Å². The molecule has 7 heteroatoms. The lowest BCUT2D eigenvalue weighted by atomic mass is 9.96. The Bertz CT molecular complexity index is 814. The van der Waals surface area contributed by atoms with Gasteiger partial charge in [0.1, 0.15) is 0 Å². The second-order valence-electron chi connectivity index (χ2n) is 4.22. The predicted octanol–water partition coefficient (Wildman–Crippen LogP) is 5.28. The molecule has 0 atom stereocenters. The Morgan fingerprint density at radius 1 is 0.714 bits per heavy atom. The average Bonchev–Trinajstić information content (AvgIpc) is 2.73. The summed E-state index contributed by atoms with van der Waals surface area (Å²) in [5, 5.41) is 0.259. The molecule has 0 unspecified atom stereocenters. The number of esters is 2. The molecule has 0 spiro atoms. The van der Waals surface area contributed by atoms with Crippen LogP contribution in [0.3, 0.4) is 0 Å². The normalized spacial score (nSPS) is 13.3. The zero-order chi connectivity index (χ0) is 15.3. The highest BCUT2D eigenvalue weighted by Crippen LogP contribution is 2.47. The maximum absolute atomic E-state index is 12.0. The van der Waals surface area contributed by atoms with E-state index in [4.69, 9.17) is 46.4 Å². The Kier molecular flexibility index (Phi) is 3.62. The summed E-state index contributed by atoms with van der Waals surface area (Å²) in [6.45, 7) is 0. The van der Waals surface area contributed by atoms with Crippen LogP contribution in [0.1, 0.15) is 20.7 Å². The smallest absolute Gasteiger partial charge is 0.348 e. The Morgan fingerprint density at radius 3 is 1.95 bits per heavy atom. The second kappa shape index (κ2) is 5.18. The third kappa shape index (κ3) is 2.12. The number of hydrogen-bond donors (Lipinski definition) is 0. The van der Waals surface area contributed by atoms with E-state index >= 15 is 0 Å². The number of carbonyl (C=O) groups is 2. The minimum Gasteiger partial charge on any atom is -0.386 e. The third-order valence-electron chi connectivity index (χ3n) is 3.06. The molecule has 3 nitrogen and oxygen atoms in total. The van der Waals surface area contributed by atoms with Crippen LogP contribution in [-0.2, 0) is 4.74 Å². The SMILES string of the molecule is O=C1OC(=O)c2c1c(Cl)c(Cl)c(Cl)c2-c1ccccc1Cl. The highest BCUT2D eigenvalue weighted by atomic mass is 35.5. The van der Waals surface area contributed by atoms with Crippen molar-refractivity contribution in [2.75, 3.05) is 0 Å². The van der Waals surface area contributed by atoms with Gasteiger partial charge in [-0.05, 0) is 6.07 Å². The van der Waals surface area contributed by atoms with Gasteiger partial charge in [-0.3, -0.25) is 0 Å². The third-order valence-corrected chi connectivity index (χ3v) is 4.72. The molecule has 0 bridgehead atoms. The van der Waals surface area contributed by atoms with Crippen LogP contribution in [0, 0.1) is 0 Å². The molecule has 21 heavy (non-hydrogen) atoms. The first-order valence-electron chi connectivity index (χ1n) is 5.65. The molecule has 0 fully saturated rings. The molecular weight excluding hydrogens is 358 g/mol. The van der Waals surface area contributed by atoms with Gasteiger partial charge in [0.25, 0.3) is 0 Å². The van der Waals surface area contributed by atoms with Gasteiger partial charge in [0.2, 0.25) is 0 Å². The molecule has 2 aromatic carbocycles. The van der Waals surface area contributed by atoms with Gasteiger partial charge in [0, 0.05) is 16.1 Å². The number of fused-ring (bicyclic) bond motifs is 1. The van der Waals surface area contributed by atoms with Crippen LogP contribution in [0.15, 0.2) is 24.3 Å². The van der Waals surface area contributed by atoms with Gasteiger partial charge in [-0.15, -0.1) is 0 Å². The van der Waals surface area contributed by atoms with E-state index in [1.165, 1.54) is 0 Å². The number of cyclic esters (lactones) is 2. The average molecular weight is 362 g/mol. The highest BCUT2D eigenvalue weighted by molar-refractivity contribution is 6.52. The van der Waals surface area contributed by atoms with Crippen LogP contribution in [-0.4, -0.2) is 11.9 Å². The Hall–Kier alpha value is -1.26. The summed E-state index contributed by atoms with van der Waals surface area (Å²) in [4.78, 5) is 23.7. The van der Waals surface area contributed by atoms with Crippen LogP contribution in [0.5, 0.6) is 0 Å². The van der Waals surface area contributed by atoms with Gasteiger partial charge in [0.05, 0.1) is 26.2 Å². The van der Waals surface area contributed by atoms with Crippen molar-refractivity contribution in [3.8, 4) is 11.1 Å². The number of carbonyl (C=O) groups excluding carboxylic acids is 2. The second-order valence-corrected chi connectivity index (χ2v) is 5.76. The number of ether oxygens (including phenoxy) is 1. The lowest BCUT2D eigenvalue weighted by molar-refractivity contribution is 0.0444. The fourth-order valence-electron chi connectivity index (χ4n) is 2.16. The lowest BCUT2D eigenvalue weighted by Gasteiger charge is -2.12. The predicted molar refractivity (Wildman–Crippen MR) is 81.7 cm³/mol. The van der Waals surface area contributed by atoms with Crippen molar-refractivity contribution in [3.05, 3.63) is 55.5 Å². The van der Waals surface area contributed by atoms with E-state index in [0.717, 1.165) is 0 Å². The largest absolute Gasteiger partial charge is 0.386 e. The van der Waals surface area contributed by atoms with Crippen LogP contribution >= 0.6 is 46.4 Å². The number of benzene rings is 2. The molecule has 1 heterocycles. The summed E-state index contributed by atoms with van der Waals surface area (Å²) in [7, 11) is 0. The topological polar surface area (TPSA) is 43.4 Å². The Morgan fingerprint density at radius 2 is 1.29 bits per heavy atom. The van der Waals surface area contributed by atoms with Crippen LogP contribution in [0.4, 0.5) is 0 Å². The molecule has 2 aromatic rings. The highest BCUT2D eigenvalue weighted by Gasteiger charge is 2.38. The van der Waals surface area contributed by atoms with E-state index in [1.54, 1.807) is 24.3 Å². The molecule has 0 saturated carbocycles. The van der Waals surface area contributed by atoms with Crippen LogP contribution in [0.2, 0.25) is 20.1 Å². The fraction of sp³-hybridized carbons (Fsp3) is 0. The first kappa shape index (κ1) is 14.7. The summed E-state index contributed by atoms with van der Waals surface area (Å²) < 4.78 is 4.60. The zero-order valence-electron chi connectivity index (χ0n) is 10.0. The van der Waals surface area contributed by atoms with Crippen LogP contribution < -0.4 is 0 Å². The molecule has 1 aliphatic rings. The minimum absolute atomic E-state index is 0.0208. The van der Waals surface area contributed by atoms with Crippen molar-refractivity contribution in [3.63, 3.8) is 0 Å². The summed E-state index contributed by atoms with van der Waals surface area (Å²) >= 11 is 24.4. The summed E-state index contributed by atoms with van der Waals surface area (Å²) in [6.07, 6.45) is 0. The molecule has 1 aliphatic heterocycles. The van der Waals surface area contributed by atoms with E-state index in [0.29, 0.717) is 10.6 Å². The number of hydrogen-bond acceptors (Lipinski definition) is 3. The van der Waals surface area contributed by atoms with Crippen molar-refractivity contribution in [2.45, 2.75) is 0 Å². The van der Waals surface area contributed by atoms with E-state index in [9.17, 15) is 9.59 Å². The Balaban J connectivity index is 2.48. The van der Waals surface area contributed by atoms with Crippen molar-refractivity contribution in [1.29, 1.82) is 0 Å². The molecule has 0 aromatic heterocycles. The van der Waals surface area contributed by atoms with Gasteiger partial charge in [-0.2, -0.15) is 0 Å². The molecule has 0 N–H and O–H groups in total. The van der Waals surface area contributed by atoms with E-state index in [1.807, 2.05) is 0 Å². The van der Waals surface area contributed by atoms with Crippen LogP contribution in [0.25, 0.3) is 11.1 Å². The maximum Gasteiger partial charge on any atom is 0.348 e. The summed E-state index contributed by atoms with van der Waals surface area (Å²) in [6, 6.07) is 6.73. The lowest BCUT2D eigenvalue weighted by Crippen LogP contribution is -2.00. The van der Waals surface area contributed by atoms with Gasteiger partial charge >= 0.3 is 11.9 Å². The summed E-state index contributed by atoms with van der Waals surface area (Å²) in [5.41, 5.74) is 0.589. The summed E-state index contributed by atoms with van der Waals surface area (Å²) in [5.74, 6) is -1.68. The quantitative estimate of drug-likeness (QED) is 0.394. The van der Waals surface area contributed by atoms with Crippen molar-refractivity contribution < 1.29 is 14.3 Å².